The van der Waals surface area contributed by atoms with E-state index < -0.39 is 0 Å². The number of hydrogen-bond donors (Lipinski definition) is 1. The third-order valence-electron chi connectivity index (χ3n) is 2.51. The number of carbonyl (C=O) groups is 1. The summed E-state index contributed by atoms with van der Waals surface area (Å²) in [7, 11) is 0. The van der Waals surface area contributed by atoms with E-state index in [2.05, 4.69) is 10.3 Å². The highest BCUT2D eigenvalue weighted by atomic mass is 35.5. The summed E-state index contributed by atoms with van der Waals surface area (Å²) in [6, 6.07) is 0. The van der Waals surface area contributed by atoms with Crippen molar-refractivity contribution in [2.24, 2.45) is 0 Å². The lowest BCUT2D eigenvalue weighted by molar-refractivity contribution is -0.121. The van der Waals surface area contributed by atoms with E-state index in [4.69, 9.17) is 11.6 Å². The zero-order chi connectivity index (χ0) is 12.3. The van der Waals surface area contributed by atoms with Crippen LogP contribution in [0.3, 0.4) is 0 Å². The van der Waals surface area contributed by atoms with E-state index in [0.717, 1.165) is 38.8 Å². The summed E-state index contributed by atoms with van der Waals surface area (Å²) >= 11 is 5.54. The molecular weight excluding hydrogens is 238 g/mol. The van der Waals surface area contributed by atoms with Gasteiger partial charge in [0.15, 0.2) is 0 Å². The maximum Gasteiger partial charge on any atom is 0.219 e. The molecule has 1 aromatic heterocycles. The zero-order valence-electron chi connectivity index (χ0n) is 10.1. The Labute approximate surface area is 107 Å². The summed E-state index contributed by atoms with van der Waals surface area (Å²) in [4.78, 5) is 15.3. The maximum absolute atomic E-state index is 11.3. The molecule has 4 nitrogen and oxygen atoms in total. The number of aromatic nitrogens is 2. The van der Waals surface area contributed by atoms with Gasteiger partial charge in [-0.15, -0.1) is 11.6 Å². The quantitative estimate of drug-likeness (QED) is 0.545. The number of halogens is 1. The highest BCUT2D eigenvalue weighted by molar-refractivity contribution is 6.17. The van der Waals surface area contributed by atoms with Gasteiger partial charge >= 0.3 is 0 Å². The van der Waals surface area contributed by atoms with Gasteiger partial charge in [-0.05, 0) is 25.7 Å². The molecule has 1 amide bonds. The van der Waals surface area contributed by atoms with Crippen molar-refractivity contribution in [1.82, 2.24) is 14.9 Å². The Hall–Kier alpha value is -1.03. The smallest absolute Gasteiger partial charge is 0.219 e. The second-order valence-corrected chi connectivity index (χ2v) is 4.38. The van der Waals surface area contributed by atoms with Gasteiger partial charge in [-0.3, -0.25) is 4.79 Å². The number of nitrogens with zero attached hydrogens (tertiary/aromatic N) is 2. The maximum atomic E-state index is 11.3. The number of nitrogens with one attached hydrogen (secondary N) is 1. The Morgan fingerprint density at radius 1 is 1.29 bits per heavy atom. The average Bonchev–Trinajstić information content (AvgIpc) is 2.82. The fourth-order valence-corrected chi connectivity index (χ4v) is 1.72. The molecule has 0 radical (unpaired) electrons. The monoisotopic (exact) mass is 257 g/mol. The van der Waals surface area contributed by atoms with Gasteiger partial charge in [-0.1, -0.05) is 0 Å². The predicted molar refractivity (Wildman–Crippen MR) is 69.0 cm³/mol. The van der Waals surface area contributed by atoms with Gasteiger partial charge in [0.2, 0.25) is 5.91 Å². The Morgan fingerprint density at radius 3 is 2.88 bits per heavy atom. The van der Waals surface area contributed by atoms with E-state index in [1.165, 1.54) is 0 Å². The van der Waals surface area contributed by atoms with Crippen LogP contribution in [0.1, 0.15) is 32.1 Å². The number of unbranched alkanes of at least 4 members (excludes halogenated alkanes) is 2. The molecule has 0 atom stereocenters. The van der Waals surface area contributed by atoms with Gasteiger partial charge < -0.3 is 9.88 Å². The number of alkyl halides is 1. The molecule has 1 rings (SSSR count). The van der Waals surface area contributed by atoms with Crippen LogP contribution in [0.15, 0.2) is 18.7 Å². The number of aryl methyl sites for hydroxylation is 1. The molecule has 96 valence electrons. The minimum atomic E-state index is 0.137. The van der Waals surface area contributed by atoms with Crippen molar-refractivity contribution in [2.75, 3.05) is 12.4 Å². The number of carbonyl (C=O) groups excluding carboxylic acids is 1. The topological polar surface area (TPSA) is 46.9 Å². The largest absolute Gasteiger partial charge is 0.356 e. The molecule has 0 saturated carbocycles. The Balaban J connectivity index is 1.91. The highest BCUT2D eigenvalue weighted by Gasteiger charge is 1.99. The van der Waals surface area contributed by atoms with Crippen molar-refractivity contribution in [2.45, 2.75) is 38.6 Å². The van der Waals surface area contributed by atoms with E-state index in [9.17, 15) is 4.79 Å². The van der Waals surface area contributed by atoms with E-state index in [1.807, 2.05) is 17.1 Å². The summed E-state index contributed by atoms with van der Waals surface area (Å²) in [5.74, 6) is 0.774. The number of imidazole rings is 1. The van der Waals surface area contributed by atoms with Gasteiger partial charge in [-0.25, -0.2) is 4.98 Å². The van der Waals surface area contributed by atoms with Crippen molar-refractivity contribution in [3.63, 3.8) is 0 Å². The summed E-state index contributed by atoms with van der Waals surface area (Å²) in [6.45, 7) is 1.72. The number of amides is 1. The van der Waals surface area contributed by atoms with Crippen molar-refractivity contribution in [3.8, 4) is 0 Å². The van der Waals surface area contributed by atoms with Crippen LogP contribution < -0.4 is 5.32 Å². The highest BCUT2D eigenvalue weighted by Crippen LogP contribution is 1.98. The van der Waals surface area contributed by atoms with Crippen LogP contribution in [-0.4, -0.2) is 27.9 Å². The molecular formula is C12H20ClN3O. The lowest BCUT2D eigenvalue weighted by Crippen LogP contribution is -2.24. The fraction of sp³-hybridized carbons (Fsp3) is 0.667. The standard InChI is InChI=1S/C12H20ClN3O/c13-6-2-1-5-12(17)15-7-3-4-9-16-10-8-14-11-16/h8,10-11H,1-7,9H2,(H,15,17). The third kappa shape index (κ3) is 7.00. The van der Waals surface area contributed by atoms with Crippen LogP contribution in [0.4, 0.5) is 0 Å². The molecule has 1 N–H and O–H groups in total. The van der Waals surface area contributed by atoms with Crippen LogP contribution in [0.5, 0.6) is 0 Å². The SMILES string of the molecule is O=C(CCCCCl)NCCCCn1ccnc1. The lowest BCUT2D eigenvalue weighted by atomic mass is 10.2. The first-order chi connectivity index (χ1) is 8.33. The van der Waals surface area contributed by atoms with Gasteiger partial charge in [0.25, 0.3) is 0 Å². The average molecular weight is 258 g/mol. The Kier molecular flexibility index (Phi) is 7.47. The third-order valence-corrected chi connectivity index (χ3v) is 2.78. The minimum absolute atomic E-state index is 0.137. The molecule has 0 bridgehead atoms. The van der Waals surface area contributed by atoms with E-state index in [0.29, 0.717) is 12.3 Å². The normalized spacial score (nSPS) is 10.4. The van der Waals surface area contributed by atoms with Gasteiger partial charge in [-0.2, -0.15) is 0 Å². The number of hydrogen-bond acceptors (Lipinski definition) is 2. The van der Waals surface area contributed by atoms with Crippen molar-refractivity contribution >= 4 is 17.5 Å². The molecule has 1 heterocycles. The summed E-state index contributed by atoms with van der Waals surface area (Å²) < 4.78 is 2.04. The zero-order valence-corrected chi connectivity index (χ0v) is 10.8. The molecule has 0 fully saturated rings. The summed E-state index contributed by atoms with van der Waals surface area (Å²) in [5, 5.41) is 2.91. The summed E-state index contributed by atoms with van der Waals surface area (Å²) in [6.07, 6.45) is 9.97. The molecule has 0 aliphatic rings. The van der Waals surface area contributed by atoms with Gasteiger partial charge in [0.05, 0.1) is 6.33 Å². The van der Waals surface area contributed by atoms with Gasteiger partial charge in [0.1, 0.15) is 0 Å². The van der Waals surface area contributed by atoms with Crippen molar-refractivity contribution < 1.29 is 4.79 Å². The first-order valence-corrected chi connectivity index (χ1v) is 6.65. The molecule has 0 spiro atoms. The molecule has 1 aromatic rings. The summed E-state index contributed by atoms with van der Waals surface area (Å²) in [5.41, 5.74) is 0. The van der Waals surface area contributed by atoms with Crippen molar-refractivity contribution in [1.29, 1.82) is 0 Å². The molecule has 0 aliphatic carbocycles. The molecule has 17 heavy (non-hydrogen) atoms. The van der Waals surface area contributed by atoms with Crippen LogP contribution in [0, 0.1) is 0 Å². The predicted octanol–water partition coefficient (Wildman–Crippen LogP) is 2.19. The molecule has 0 aliphatic heterocycles. The van der Waals surface area contributed by atoms with Crippen LogP contribution in [0.25, 0.3) is 0 Å². The second-order valence-electron chi connectivity index (χ2n) is 4.00. The van der Waals surface area contributed by atoms with Crippen molar-refractivity contribution in [3.05, 3.63) is 18.7 Å². The molecule has 0 aromatic carbocycles. The van der Waals surface area contributed by atoms with Crippen LogP contribution in [0.2, 0.25) is 0 Å². The minimum Gasteiger partial charge on any atom is -0.356 e. The number of rotatable bonds is 9. The van der Waals surface area contributed by atoms with Crippen LogP contribution in [-0.2, 0) is 11.3 Å². The van der Waals surface area contributed by atoms with Crippen LogP contribution >= 0.6 is 11.6 Å². The second kappa shape index (κ2) is 9.05. The molecule has 0 unspecified atom stereocenters. The van der Waals surface area contributed by atoms with E-state index in [1.54, 1.807) is 6.20 Å². The fourth-order valence-electron chi connectivity index (χ4n) is 1.53. The first kappa shape index (κ1) is 14.0. The van der Waals surface area contributed by atoms with Gasteiger partial charge in [0, 0.05) is 37.8 Å². The Bertz CT molecular complexity index is 301. The molecule has 5 heteroatoms. The first-order valence-electron chi connectivity index (χ1n) is 6.11. The van der Waals surface area contributed by atoms with E-state index in [-0.39, 0.29) is 5.91 Å². The lowest BCUT2D eigenvalue weighted by Gasteiger charge is -2.05. The Morgan fingerprint density at radius 2 is 2.18 bits per heavy atom. The van der Waals surface area contributed by atoms with E-state index >= 15 is 0 Å². The molecule has 0 saturated heterocycles.